The molecule has 2 amide bonds. The Kier molecular flexibility index (Phi) is 4.48. The minimum Gasteiger partial charge on any atom is -0.340 e. The molecule has 1 N–H and O–H groups in total. The third-order valence-electron chi connectivity index (χ3n) is 5.05. The smallest absolute Gasteiger partial charge is 0.249 e. The summed E-state index contributed by atoms with van der Waals surface area (Å²) >= 11 is 1.91. The van der Waals surface area contributed by atoms with E-state index in [0.717, 1.165) is 63.0 Å². The van der Waals surface area contributed by atoms with E-state index in [1.165, 1.54) is 0 Å². The van der Waals surface area contributed by atoms with Gasteiger partial charge in [-0.05, 0) is 49.5 Å². The zero-order valence-corrected chi connectivity index (χ0v) is 13.7. The van der Waals surface area contributed by atoms with Gasteiger partial charge in [0.1, 0.15) is 11.6 Å². The molecule has 4 nitrogen and oxygen atoms in total. The fourth-order valence-electron chi connectivity index (χ4n) is 3.83. The highest BCUT2D eigenvalue weighted by molar-refractivity contribution is 7.99. The van der Waals surface area contributed by atoms with Crippen LogP contribution in [0, 0.1) is 5.92 Å². The lowest BCUT2D eigenvalue weighted by molar-refractivity contribution is -0.155. The highest BCUT2D eigenvalue weighted by Gasteiger charge is 2.55. The second-order valence-electron chi connectivity index (χ2n) is 6.61. The summed E-state index contributed by atoms with van der Waals surface area (Å²) in [6.45, 7) is 2.91. The number of amides is 2. The van der Waals surface area contributed by atoms with Crippen molar-refractivity contribution in [3.63, 3.8) is 0 Å². The van der Waals surface area contributed by atoms with Crippen molar-refractivity contribution >= 4 is 23.6 Å². The molecule has 2 aliphatic carbocycles. The summed E-state index contributed by atoms with van der Waals surface area (Å²) in [5, 5.41) is 3.11. The van der Waals surface area contributed by atoms with E-state index in [0.29, 0.717) is 5.92 Å². The Labute approximate surface area is 131 Å². The van der Waals surface area contributed by atoms with Gasteiger partial charge in [-0.15, -0.1) is 0 Å². The Morgan fingerprint density at radius 2 is 2.00 bits per heavy atom. The van der Waals surface area contributed by atoms with Crippen molar-refractivity contribution in [3.05, 3.63) is 0 Å². The van der Waals surface area contributed by atoms with Crippen molar-refractivity contribution in [1.29, 1.82) is 0 Å². The van der Waals surface area contributed by atoms with Crippen LogP contribution in [0.5, 0.6) is 0 Å². The van der Waals surface area contributed by atoms with E-state index in [2.05, 4.69) is 12.2 Å². The summed E-state index contributed by atoms with van der Waals surface area (Å²) in [5.74, 6) is 2.92. The molecule has 1 unspecified atom stereocenters. The maximum absolute atomic E-state index is 13.0. The first-order chi connectivity index (χ1) is 10.2. The predicted molar refractivity (Wildman–Crippen MR) is 85.2 cm³/mol. The molecule has 21 heavy (non-hydrogen) atoms. The van der Waals surface area contributed by atoms with E-state index in [9.17, 15) is 9.59 Å². The summed E-state index contributed by atoms with van der Waals surface area (Å²) in [6.07, 6.45) is 6.96. The maximum atomic E-state index is 13.0. The maximum Gasteiger partial charge on any atom is 0.249 e. The second-order valence-corrected chi connectivity index (χ2v) is 8.00. The molecule has 0 aromatic carbocycles. The molecule has 118 valence electrons. The Hall–Kier alpha value is -0.710. The van der Waals surface area contributed by atoms with Crippen LogP contribution in [0.15, 0.2) is 0 Å². The van der Waals surface area contributed by atoms with Crippen LogP contribution in [0.25, 0.3) is 0 Å². The Bertz CT molecular complexity index is 417. The van der Waals surface area contributed by atoms with Crippen LogP contribution in [0.1, 0.15) is 51.9 Å². The van der Waals surface area contributed by atoms with Gasteiger partial charge in [-0.25, -0.2) is 0 Å². The molecule has 0 bridgehead atoms. The molecule has 1 atom stereocenters. The Morgan fingerprint density at radius 3 is 2.62 bits per heavy atom. The van der Waals surface area contributed by atoms with Crippen molar-refractivity contribution < 1.29 is 9.59 Å². The number of nitrogens with zero attached hydrogens (tertiary/aromatic N) is 1. The fourth-order valence-corrected chi connectivity index (χ4v) is 4.45. The van der Waals surface area contributed by atoms with Gasteiger partial charge in [0.05, 0.1) is 0 Å². The summed E-state index contributed by atoms with van der Waals surface area (Å²) < 4.78 is 0. The van der Waals surface area contributed by atoms with Crippen LogP contribution < -0.4 is 5.32 Å². The first-order valence-corrected chi connectivity index (χ1v) is 9.54. The van der Waals surface area contributed by atoms with Crippen LogP contribution in [0.4, 0.5) is 0 Å². The SMILES string of the molecule is CCSCCCN1C(=O)C2(CCCC2)NC(=O)C1C1CC1. The van der Waals surface area contributed by atoms with Gasteiger partial charge in [0.2, 0.25) is 11.8 Å². The average molecular weight is 310 g/mol. The Balaban J connectivity index is 1.73. The number of nitrogens with one attached hydrogen (secondary N) is 1. The van der Waals surface area contributed by atoms with Crippen LogP contribution in [0.2, 0.25) is 0 Å². The van der Waals surface area contributed by atoms with E-state index in [-0.39, 0.29) is 17.9 Å². The van der Waals surface area contributed by atoms with E-state index in [1.807, 2.05) is 16.7 Å². The summed E-state index contributed by atoms with van der Waals surface area (Å²) in [6, 6.07) is -0.185. The summed E-state index contributed by atoms with van der Waals surface area (Å²) in [4.78, 5) is 27.5. The quantitative estimate of drug-likeness (QED) is 0.765. The number of rotatable bonds is 6. The first kappa shape index (κ1) is 15.2. The molecule has 2 saturated carbocycles. The molecular formula is C16H26N2O2S. The zero-order valence-electron chi connectivity index (χ0n) is 12.9. The highest BCUT2D eigenvalue weighted by atomic mass is 32.2. The van der Waals surface area contributed by atoms with Crippen molar-refractivity contribution in [2.45, 2.75) is 63.5 Å². The number of carbonyl (C=O) groups excluding carboxylic acids is 2. The van der Waals surface area contributed by atoms with Gasteiger partial charge in [0, 0.05) is 6.54 Å². The molecule has 3 rings (SSSR count). The van der Waals surface area contributed by atoms with E-state index in [4.69, 9.17) is 0 Å². The van der Waals surface area contributed by atoms with E-state index < -0.39 is 5.54 Å². The second kappa shape index (κ2) is 6.19. The van der Waals surface area contributed by atoms with Crippen LogP contribution in [-0.4, -0.2) is 46.3 Å². The monoisotopic (exact) mass is 310 g/mol. The van der Waals surface area contributed by atoms with Crippen molar-refractivity contribution in [2.24, 2.45) is 5.92 Å². The molecule has 5 heteroatoms. The first-order valence-electron chi connectivity index (χ1n) is 8.39. The van der Waals surface area contributed by atoms with Gasteiger partial charge in [-0.3, -0.25) is 9.59 Å². The largest absolute Gasteiger partial charge is 0.340 e. The van der Waals surface area contributed by atoms with Crippen molar-refractivity contribution in [1.82, 2.24) is 10.2 Å². The van der Waals surface area contributed by atoms with Gasteiger partial charge < -0.3 is 10.2 Å². The number of carbonyl (C=O) groups is 2. The molecule has 1 spiro atoms. The average Bonchev–Trinajstić information content (AvgIpc) is 3.19. The normalized spacial score (nSPS) is 28.2. The lowest BCUT2D eigenvalue weighted by Gasteiger charge is -2.44. The molecule has 3 fully saturated rings. The van der Waals surface area contributed by atoms with Crippen molar-refractivity contribution in [3.8, 4) is 0 Å². The molecule has 0 radical (unpaired) electrons. The van der Waals surface area contributed by atoms with Gasteiger partial charge >= 0.3 is 0 Å². The van der Waals surface area contributed by atoms with Crippen LogP contribution in [0.3, 0.4) is 0 Å². The van der Waals surface area contributed by atoms with Gasteiger partial charge in [0.25, 0.3) is 0 Å². The van der Waals surface area contributed by atoms with Gasteiger partial charge in [-0.2, -0.15) is 11.8 Å². The zero-order chi connectivity index (χ0) is 14.9. The van der Waals surface area contributed by atoms with Crippen molar-refractivity contribution in [2.75, 3.05) is 18.1 Å². The lowest BCUT2D eigenvalue weighted by atomic mass is 9.89. The van der Waals surface area contributed by atoms with Crippen LogP contribution in [-0.2, 0) is 9.59 Å². The number of piperazine rings is 1. The molecule has 0 aromatic rings. The lowest BCUT2D eigenvalue weighted by Crippen LogP contribution is -2.70. The highest BCUT2D eigenvalue weighted by Crippen LogP contribution is 2.41. The topological polar surface area (TPSA) is 49.4 Å². The molecule has 3 aliphatic rings. The fraction of sp³-hybridized carbons (Fsp3) is 0.875. The minimum atomic E-state index is -0.555. The number of thioether (sulfide) groups is 1. The van der Waals surface area contributed by atoms with E-state index >= 15 is 0 Å². The molecular weight excluding hydrogens is 284 g/mol. The predicted octanol–water partition coefficient (Wildman–Crippen LogP) is 2.18. The number of hydrogen-bond acceptors (Lipinski definition) is 3. The molecule has 1 aliphatic heterocycles. The molecule has 1 heterocycles. The Morgan fingerprint density at radius 1 is 1.29 bits per heavy atom. The van der Waals surface area contributed by atoms with E-state index in [1.54, 1.807) is 0 Å². The molecule has 1 saturated heterocycles. The summed E-state index contributed by atoms with van der Waals surface area (Å²) in [7, 11) is 0. The number of hydrogen-bond donors (Lipinski definition) is 1. The van der Waals surface area contributed by atoms with Gasteiger partial charge in [-0.1, -0.05) is 19.8 Å². The minimum absolute atomic E-state index is 0.113. The third-order valence-corrected chi connectivity index (χ3v) is 6.04. The van der Waals surface area contributed by atoms with Crippen LogP contribution >= 0.6 is 11.8 Å². The third kappa shape index (κ3) is 2.94. The summed E-state index contributed by atoms with van der Waals surface area (Å²) in [5.41, 5.74) is -0.555. The van der Waals surface area contributed by atoms with Gasteiger partial charge in [0.15, 0.2) is 0 Å². The molecule has 0 aromatic heterocycles. The standard InChI is InChI=1S/C16H26N2O2S/c1-2-21-11-5-10-18-13(12-6-7-12)14(19)17-16(15(18)20)8-3-4-9-16/h12-13H,2-11H2,1H3,(H,17,19).